The summed E-state index contributed by atoms with van der Waals surface area (Å²) < 4.78 is 0. The number of aryl methyl sites for hydroxylation is 1. The van der Waals surface area contributed by atoms with E-state index in [1.807, 2.05) is 0 Å². The maximum absolute atomic E-state index is 10.5. The first-order valence-electron chi connectivity index (χ1n) is 9.25. The number of fused-ring (bicyclic) bond motifs is 1. The van der Waals surface area contributed by atoms with Crippen molar-refractivity contribution < 1.29 is 5.11 Å². The monoisotopic (exact) mass is 292 g/mol. The molecule has 5 aliphatic carbocycles. The van der Waals surface area contributed by atoms with Gasteiger partial charge < -0.3 is 5.11 Å². The second kappa shape index (κ2) is 3.87. The average Bonchev–Trinajstić information content (AvgIpc) is 3.43. The molecular weight excluding hydrogens is 268 g/mol. The summed E-state index contributed by atoms with van der Waals surface area (Å²) in [7, 11) is 0. The molecule has 6 atom stereocenters. The number of aliphatic hydroxyl groups excluding tert-OH is 1. The van der Waals surface area contributed by atoms with E-state index in [0.29, 0.717) is 17.3 Å². The zero-order valence-corrected chi connectivity index (χ0v) is 13.0. The van der Waals surface area contributed by atoms with Crippen molar-refractivity contribution in [3.05, 3.63) is 41.0 Å². The van der Waals surface area contributed by atoms with Crippen molar-refractivity contribution >= 4 is 6.08 Å². The highest BCUT2D eigenvalue weighted by atomic mass is 16.3. The molecule has 6 rings (SSSR count). The molecule has 0 aliphatic heterocycles. The van der Waals surface area contributed by atoms with E-state index >= 15 is 0 Å². The third-order valence-corrected chi connectivity index (χ3v) is 7.67. The molecule has 0 bridgehead atoms. The fourth-order valence-corrected chi connectivity index (χ4v) is 6.48. The molecule has 0 saturated heterocycles. The van der Waals surface area contributed by atoms with Crippen LogP contribution in [0.4, 0.5) is 0 Å². The maximum Gasteiger partial charge on any atom is 0.0607 e. The number of rotatable bonds is 3. The Kier molecular flexibility index (Phi) is 2.17. The van der Waals surface area contributed by atoms with Gasteiger partial charge >= 0.3 is 0 Å². The lowest BCUT2D eigenvalue weighted by Gasteiger charge is -2.21. The van der Waals surface area contributed by atoms with E-state index in [9.17, 15) is 5.11 Å². The molecule has 1 spiro atoms. The van der Waals surface area contributed by atoms with Gasteiger partial charge in [0, 0.05) is 0 Å². The topological polar surface area (TPSA) is 20.2 Å². The third-order valence-electron chi connectivity index (χ3n) is 7.67. The zero-order valence-electron chi connectivity index (χ0n) is 13.0. The predicted octanol–water partition coefficient (Wildman–Crippen LogP) is 3.84. The van der Waals surface area contributed by atoms with Gasteiger partial charge in [-0.1, -0.05) is 30.4 Å². The van der Waals surface area contributed by atoms with E-state index < -0.39 is 0 Å². The van der Waals surface area contributed by atoms with E-state index in [1.165, 1.54) is 55.2 Å². The molecule has 5 unspecified atom stereocenters. The summed E-state index contributed by atoms with van der Waals surface area (Å²) in [5, 5.41) is 10.5. The quantitative estimate of drug-likeness (QED) is 0.897. The van der Waals surface area contributed by atoms with Crippen molar-refractivity contribution in [3.63, 3.8) is 0 Å². The van der Waals surface area contributed by atoms with Gasteiger partial charge in [-0.3, -0.25) is 0 Å². The van der Waals surface area contributed by atoms with Crippen LogP contribution in [0.3, 0.4) is 0 Å². The number of allylic oxidation sites excluding steroid dienone is 1. The fourth-order valence-electron chi connectivity index (χ4n) is 6.48. The first-order chi connectivity index (χ1) is 10.8. The number of hydrogen-bond acceptors (Lipinski definition) is 1. The number of hydrogen-bond donors (Lipinski definition) is 1. The van der Waals surface area contributed by atoms with Gasteiger partial charge in [-0.2, -0.15) is 0 Å². The molecule has 1 N–H and O–H groups in total. The molecule has 0 amide bonds. The van der Waals surface area contributed by atoms with Gasteiger partial charge in [0.15, 0.2) is 0 Å². The van der Waals surface area contributed by atoms with E-state index in [-0.39, 0.29) is 6.10 Å². The lowest BCUT2D eigenvalue weighted by Crippen LogP contribution is -2.24. The summed E-state index contributed by atoms with van der Waals surface area (Å²) in [6, 6.07) is 7.18. The first kappa shape index (κ1) is 12.4. The van der Waals surface area contributed by atoms with Crippen molar-refractivity contribution in [1.82, 2.24) is 0 Å². The molecule has 0 heterocycles. The van der Waals surface area contributed by atoms with Crippen LogP contribution in [0.15, 0.2) is 24.3 Å². The highest BCUT2D eigenvalue weighted by Crippen LogP contribution is 2.88. The Morgan fingerprint density at radius 2 is 2.14 bits per heavy atom. The molecule has 1 heteroatoms. The maximum atomic E-state index is 10.5. The molecule has 5 aliphatic rings. The Hall–Kier alpha value is -1.08. The van der Waals surface area contributed by atoms with E-state index in [0.717, 1.165) is 17.8 Å². The molecule has 1 aromatic carbocycles. The summed E-state index contributed by atoms with van der Waals surface area (Å²) in [6.45, 7) is 0. The van der Waals surface area contributed by atoms with Gasteiger partial charge in [0.05, 0.1) is 6.10 Å². The van der Waals surface area contributed by atoms with Crippen molar-refractivity contribution in [1.29, 1.82) is 0 Å². The fraction of sp³-hybridized carbons (Fsp3) is 0.619. The van der Waals surface area contributed by atoms with Crippen LogP contribution >= 0.6 is 0 Å². The van der Waals surface area contributed by atoms with E-state index in [2.05, 4.69) is 30.4 Å². The van der Waals surface area contributed by atoms with Gasteiger partial charge in [-0.25, -0.2) is 0 Å². The molecule has 4 fully saturated rings. The summed E-state index contributed by atoms with van der Waals surface area (Å²) in [6.07, 6.45) is 12.5. The molecule has 1 nitrogen and oxygen atoms in total. The van der Waals surface area contributed by atoms with Crippen LogP contribution in [-0.4, -0.2) is 11.2 Å². The average molecular weight is 292 g/mol. The predicted molar refractivity (Wildman–Crippen MR) is 87.2 cm³/mol. The minimum atomic E-state index is 0.0558. The summed E-state index contributed by atoms with van der Waals surface area (Å²) in [5.74, 6) is 3.97. The SMILES string of the molecule is OC1C(C2CC2)C2C(Cc3ccc4c(c3)C=CCC4)C23C[C@H]13. The second-order valence-corrected chi connectivity index (χ2v) is 8.64. The molecule has 114 valence electrons. The van der Waals surface area contributed by atoms with Crippen LogP contribution < -0.4 is 0 Å². The first-order valence-corrected chi connectivity index (χ1v) is 9.25. The minimum Gasteiger partial charge on any atom is -0.393 e. The number of benzene rings is 1. The second-order valence-electron chi connectivity index (χ2n) is 8.64. The normalized spacial score (nSPS) is 46.9. The van der Waals surface area contributed by atoms with Crippen LogP contribution in [0.25, 0.3) is 6.08 Å². The van der Waals surface area contributed by atoms with Gasteiger partial charge in [-0.05, 0) is 90.2 Å². The molecule has 1 aromatic rings. The summed E-state index contributed by atoms with van der Waals surface area (Å²) in [4.78, 5) is 0. The summed E-state index contributed by atoms with van der Waals surface area (Å²) in [5.41, 5.74) is 5.11. The van der Waals surface area contributed by atoms with E-state index in [1.54, 1.807) is 0 Å². The Morgan fingerprint density at radius 3 is 3.00 bits per heavy atom. The molecule has 0 radical (unpaired) electrons. The Bertz CT molecular complexity index is 685. The van der Waals surface area contributed by atoms with Crippen molar-refractivity contribution in [2.75, 3.05) is 0 Å². The largest absolute Gasteiger partial charge is 0.393 e. The van der Waals surface area contributed by atoms with Gasteiger partial charge in [0.25, 0.3) is 0 Å². The van der Waals surface area contributed by atoms with Crippen LogP contribution in [0.5, 0.6) is 0 Å². The van der Waals surface area contributed by atoms with Crippen LogP contribution in [0.1, 0.15) is 42.4 Å². The lowest BCUT2D eigenvalue weighted by atomic mass is 9.88. The summed E-state index contributed by atoms with van der Waals surface area (Å²) >= 11 is 0. The molecular formula is C21H24O. The number of aliphatic hydroxyl groups is 1. The Morgan fingerprint density at radius 1 is 1.23 bits per heavy atom. The third kappa shape index (κ3) is 1.44. The zero-order chi connectivity index (χ0) is 14.5. The van der Waals surface area contributed by atoms with Crippen molar-refractivity contribution in [3.8, 4) is 0 Å². The van der Waals surface area contributed by atoms with E-state index in [4.69, 9.17) is 0 Å². The molecule has 4 saturated carbocycles. The highest BCUT2D eigenvalue weighted by molar-refractivity contribution is 5.57. The Labute approximate surface area is 132 Å². The van der Waals surface area contributed by atoms with Gasteiger partial charge in [0.1, 0.15) is 0 Å². The lowest BCUT2D eigenvalue weighted by molar-refractivity contribution is 0.0749. The molecule has 0 aromatic heterocycles. The Balaban J connectivity index is 1.26. The van der Waals surface area contributed by atoms with Gasteiger partial charge in [0.2, 0.25) is 0 Å². The van der Waals surface area contributed by atoms with Crippen molar-refractivity contribution in [2.24, 2.45) is 35.0 Å². The van der Waals surface area contributed by atoms with Crippen LogP contribution in [-0.2, 0) is 12.8 Å². The minimum absolute atomic E-state index is 0.0558. The van der Waals surface area contributed by atoms with Crippen LogP contribution in [0.2, 0.25) is 0 Å². The van der Waals surface area contributed by atoms with Crippen LogP contribution in [0, 0.1) is 35.0 Å². The standard InChI is InChI=1S/C21H24O/c22-20-17-11-21(17)16(19(21)18(20)14-7-8-14)10-12-5-6-13-3-1-2-4-15(13)9-12/h2,4-6,9,14,16-20,22H,1,3,7-8,10-11H2/t16?,17-,18?,19?,20?,21?/m1/s1. The van der Waals surface area contributed by atoms with Gasteiger partial charge in [-0.15, -0.1) is 0 Å². The molecule has 22 heavy (non-hydrogen) atoms. The highest BCUT2D eigenvalue weighted by Gasteiger charge is 2.86. The smallest absolute Gasteiger partial charge is 0.0607 e. The van der Waals surface area contributed by atoms with Crippen molar-refractivity contribution in [2.45, 2.75) is 44.6 Å².